The summed E-state index contributed by atoms with van der Waals surface area (Å²) in [6.45, 7) is 9.65. The third kappa shape index (κ3) is 6.20. The van der Waals surface area contributed by atoms with Crippen LogP contribution >= 0.6 is 0 Å². The van der Waals surface area contributed by atoms with Crippen molar-refractivity contribution in [3.05, 3.63) is 60.2 Å². The molecule has 0 aliphatic heterocycles. The third-order valence-corrected chi connectivity index (χ3v) is 5.78. The highest BCUT2D eigenvalue weighted by Crippen LogP contribution is 2.26. The normalized spacial score (nSPS) is 12.0. The summed E-state index contributed by atoms with van der Waals surface area (Å²) in [4.78, 5) is 15.0. The van der Waals surface area contributed by atoms with Gasteiger partial charge in [0.05, 0.1) is 18.5 Å². The molecule has 0 radical (unpaired) electrons. The number of carbonyl (C=O) groups excluding carboxylic acids is 1. The van der Waals surface area contributed by atoms with Crippen molar-refractivity contribution in [2.75, 3.05) is 26.7 Å². The fourth-order valence-corrected chi connectivity index (χ4v) is 3.74. The van der Waals surface area contributed by atoms with E-state index in [1.54, 1.807) is 7.11 Å². The average molecular weight is 435 g/mol. The molecule has 0 aliphatic rings. The Kier molecular flexibility index (Phi) is 8.45. The van der Waals surface area contributed by atoms with Crippen LogP contribution in [0.1, 0.15) is 44.0 Å². The van der Waals surface area contributed by atoms with Crippen molar-refractivity contribution in [1.82, 2.24) is 20.4 Å². The maximum absolute atomic E-state index is 12.6. The van der Waals surface area contributed by atoms with Gasteiger partial charge in [0.15, 0.2) is 0 Å². The number of ether oxygens (including phenoxy) is 1. The Morgan fingerprint density at radius 3 is 2.53 bits per heavy atom. The van der Waals surface area contributed by atoms with Crippen molar-refractivity contribution in [1.29, 1.82) is 0 Å². The molecule has 1 amide bonds. The van der Waals surface area contributed by atoms with Crippen LogP contribution in [-0.4, -0.2) is 53.8 Å². The van der Waals surface area contributed by atoms with Gasteiger partial charge in [-0.2, -0.15) is 5.10 Å². The van der Waals surface area contributed by atoms with Gasteiger partial charge in [0.2, 0.25) is 0 Å². The quantitative estimate of drug-likeness (QED) is 0.446. The highest BCUT2D eigenvalue weighted by Gasteiger charge is 2.12. The standard InChI is InChI=1S/C26H34N4O2/c1-5-30(6-2)16-8-9-19(3)27-26(31)21-14-12-20(13-15-21)24-18-25(29-28-24)22-10-7-11-23(17-22)32-4/h7,10-15,17-19H,5-6,8-9,16H2,1-4H3,(H,27,31)(H,28,29)/t19-/m0/s1. The van der Waals surface area contributed by atoms with Crippen molar-refractivity contribution in [2.24, 2.45) is 0 Å². The van der Waals surface area contributed by atoms with Crippen LogP contribution in [-0.2, 0) is 0 Å². The van der Waals surface area contributed by atoms with Gasteiger partial charge in [-0.05, 0) is 75.3 Å². The fourth-order valence-electron chi connectivity index (χ4n) is 3.74. The summed E-state index contributed by atoms with van der Waals surface area (Å²) in [6.07, 6.45) is 2.05. The summed E-state index contributed by atoms with van der Waals surface area (Å²) in [5.41, 5.74) is 4.38. The summed E-state index contributed by atoms with van der Waals surface area (Å²) >= 11 is 0. The molecule has 3 aromatic rings. The Morgan fingerprint density at radius 2 is 1.84 bits per heavy atom. The zero-order valence-corrected chi connectivity index (χ0v) is 19.5. The molecule has 170 valence electrons. The fraction of sp³-hybridized carbons (Fsp3) is 0.385. The molecule has 1 heterocycles. The highest BCUT2D eigenvalue weighted by molar-refractivity contribution is 5.94. The second kappa shape index (κ2) is 11.5. The molecule has 32 heavy (non-hydrogen) atoms. The number of methoxy groups -OCH3 is 1. The molecule has 6 heteroatoms. The molecular weight excluding hydrogens is 400 g/mol. The molecule has 3 rings (SSSR count). The first-order valence-electron chi connectivity index (χ1n) is 11.4. The highest BCUT2D eigenvalue weighted by atomic mass is 16.5. The molecular formula is C26H34N4O2. The molecule has 0 spiro atoms. The van der Waals surface area contributed by atoms with E-state index in [2.05, 4.69) is 41.2 Å². The minimum Gasteiger partial charge on any atom is -0.497 e. The molecule has 0 saturated heterocycles. The Labute approximate surface area is 191 Å². The summed E-state index contributed by atoms with van der Waals surface area (Å²) in [7, 11) is 1.65. The summed E-state index contributed by atoms with van der Waals surface area (Å²) in [6, 6.07) is 17.6. The molecule has 2 aromatic carbocycles. The molecule has 0 bridgehead atoms. The lowest BCUT2D eigenvalue weighted by Crippen LogP contribution is -2.33. The van der Waals surface area contributed by atoms with Crippen molar-refractivity contribution in [3.8, 4) is 28.3 Å². The maximum atomic E-state index is 12.6. The van der Waals surface area contributed by atoms with Crippen LogP contribution in [0, 0.1) is 0 Å². The number of hydrogen-bond acceptors (Lipinski definition) is 4. The second-order valence-electron chi connectivity index (χ2n) is 8.02. The smallest absolute Gasteiger partial charge is 0.251 e. The van der Waals surface area contributed by atoms with Gasteiger partial charge in [-0.15, -0.1) is 0 Å². The minimum atomic E-state index is -0.0337. The molecule has 1 atom stereocenters. The van der Waals surface area contributed by atoms with Gasteiger partial charge in [0, 0.05) is 17.2 Å². The van der Waals surface area contributed by atoms with Crippen LogP contribution in [0.25, 0.3) is 22.5 Å². The third-order valence-electron chi connectivity index (χ3n) is 5.78. The number of aromatic amines is 1. The zero-order valence-electron chi connectivity index (χ0n) is 19.5. The van der Waals surface area contributed by atoms with E-state index < -0.39 is 0 Å². The van der Waals surface area contributed by atoms with Gasteiger partial charge in [-0.1, -0.05) is 38.1 Å². The van der Waals surface area contributed by atoms with Crippen molar-refractivity contribution in [3.63, 3.8) is 0 Å². The number of rotatable bonds is 11. The largest absolute Gasteiger partial charge is 0.497 e. The maximum Gasteiger partial charge on any atom is 0.251 e. The van der Waals surface area contributed by atoms with Crippen LogP contribution in [0.3, 0.4) is 0 Å². The molecule has 1 aromatic heterocycles. The van der Waals surface area contributed by atoms with Crippen molar-refractivity contribution >= 4 is 5.91 Å². The minimum absolute atomic E-state index is 0.0337. The monoisotopic (exact) mass is 434 g/mol. The van der Waals surface area contributed by atoms with Crippen LogP contribution in [0.4, 0.5) is 0 Å². The van der Waals surface area contributed by atoms with E-state index in [-0.39, 0.29) is 11.9 Å². The number of H-pyrrole nitrogens is 1. The Bertz CT molecular complexity index is 993. The predicted molar refractivity (Wildman–Crippen MR) is 130 cm³/mol. The number of benzene rings is 2. The zero-order chi connectivity index (χ0) is 22.9. The van der Waals surface area contributed by atoms with Crippen molar-refractivity contribution in [2.45, 2.75) is 39.7 Å². The number of amides is 1. The Hall–Kier alpha value is -3.12. The van der Waals surface area contributed by atoms with Crippen LogP contribution in [0.5, 0.6) is 5.75 Å². The lowest BCUT2D eigenvalue weighted by atomic mass is 10.1. The van der Waals surface area contributed by atoms with Crippen LogP contribution in [0.15, 0.2) is 54.6 Å². The van der Waals surface area contributed by atoms with E-state index in [1.807, 2.05) is 54.6 Å². The van der Waals surface area contributed by atoms with Gasteiger partial charge in [-0.3, -0.25) is 9.89 Å². The van der Waals surface area contributed by atoms with E-state index in [0.717, 1.165) is 60.7 Å². The number of carbonyl (C=O) groups is 1. The molecule has 0 aliphatic carbocycles. The van der Waals surface area contributed by atoms with Crippen molar-refractivity contribution < 1.29 is 9.53 Å². The average Bonchev–Trinajstić information content (AvgIpc) is 3.32. The van der Waals surface area contributed by atoms with E-state index in [9.17, 15) is 4.79 Å². The molecule has 0 fully saturated rings. The van der Waals surface area contributed by atoms with E-state index >= 15 is 0 Å². The van der Waals surface area contributed by atoms with Gasteiger partial charge in [-0.25, -0.2) is 0 Å². The first-order valence-corrected chi connectivity index (χ1v) is 11.4. The van der Waals surface area contributed by atoms with Gasteiger partial charge in [0.1, 0.15) is 5.75 Å². The number of nitrogens with one attached hydrogen (secondary N) is 2. The molecule has 2 N–H and O–H groups in total. The van der Waals surface area contributed by atoms with E-state index in [0.29, 0.717) is 5.56 Å². The first kappa shape index (κ1) is 23.5. The second-order valence-corrected chi connectivity index (χ2v) is 8.02. The topological polar surface area (TPSA) is 70.2 Å². The number of aromatic nitrogens is 2. The number of nitrogens with zero attached hydrogens (tertiary/aromatic N) is 2. The van der Waals surface area contributed by atoms with Crippen LogP contribution in [0.2, 0.25) is 0 Å². The summed E-state index contributed by atoms with van der Waals surface area (Å²) in [5.74, 6) is 0.762. The number of hydrogen-bond donors (Lipinski definition) is 2. The first-order chi connectivity index (χ1) is 15.5. The Morgan fingerprint density at radius 1 is 1.09 bits per heavy atom. The summed E-state index contributed by atoms with van der Waals surface area (Å²) in [5, 5.41) is 10.6. The van der Waals surface area contributed by atoms with Gasteiger partial charge < -0.3 is 15.0 Å². The molecule has 6 nitrogen and oxygen atoms in total. The van der Waals surface area contributed by atoms with Crippen LogP contribution < -0.4 is 10.1 Å². The van der Waals surface area contributed by atoms with E-state index in [1.165, 1.54) is 0 Å². The predicted octanol–water partition coefficient (Wildman–Crippen LogP) is 4.99. The van der Waals surface area contributed by atoms with Gasteiger partial charge in [0.25, 0.3) is 5.91 Å². The lowest BCUT2D eigenvalue weighted by molar-refractivity contribution is 0.0937. The SMILES string of the molecule is CCN(CC)CCC[C@H](C)NC(=O)c1ccc(-c2cc(-c3cccc(OC)c3)n[nH]2)cc1. The summed E-state index contributed by atoms with van der Waals surface area (Å²) < 4.78 is 5.30. The molecule has 0 unspecified atom stereocenters. The van der Waals surface area contributed by atoms with Gasteiger partial charge >= 0.3 is 0 Å². The Balaban J connectivity index is 1.58. The lowest BCUT2D eigenvalue weighted by Gasteiger charge is -2.19. The molecule has 0 saturated carbocycles. The van der Waals surface area contributed by atoms with E-state index in [4.69, 9.17) is 4.74 Å².